The van der Waals surface area contributed by atoms with E-state index in [-0.39, 0.29) is 11.9 Å². The summed E-state index contributed by atoms with van der Waals surface area (Å²) in [4.78, 5) is 13.8. The maximum absolute atomic E-state index is 11.9. The fourth-order valence-electron chi connectivity index (χ4n) is 2.84. The SMILES string of the molecule is CC(NCc1cnn(C)c1)c1cccc(N2CCCC2=O)c1. The van der Waals surface area contributed by atoms with E-state index in [2.05, 4.69) is 29.5 Å². The number of hydrogen-bond acceptors (Lipinski definition) is 3. The van der Waals surface area contributed by atoms with Crippen molar-refractivity contribution in [2.45, 2.75) is 32.4 Å². The first-order valence-corrected chi connectivity index (χ1v) is 7.75. The summed E-state index contributed by atoms with van der Waals surface area (Å²) in [7, 11) is 1.92. The normalized spacial score (nSPS) is 16.3. The Hall–Kier alpha value is -2.14. The molecule has 116 valence electrons. The molecule has 1 unspecified atom stereocenters. The molecule has 22 heavy (non-hydrogen) atoms. The van der Waals surface area contributed by atoms with Crippen LogP contribution >= 0.6 is 0 Å². The Kier molecular flexibility index (Phi) is 4.24. The highest BCUT2D eigenvalue weighted by Gasteiger charge is 2.22. The van der Waals surface area contributed by atoms with Gasteiger partial charge in [0.2, 0.25) is 5.91 Å². The van der Waals surface area contributed by atoms with E-state index >= 15 is 0 Å². The Bertz CT molecular complexity index is 664. The smallest absolute Gasteiger partial charge is 0.227 e. The van der Waals surface area contributed by atoms with E-state index in [1.807, 2.05) is 36.5 Å². The monoisotopic (exact) mass is 298 g/mol. The van der Waals surface area contributed by atoms with Gasteiger partial charge >= 0.3 is 0 Å². The van der Waals surface area contributed by atoms with Crippen molar-refractivity contribution >= 4 is 11.6 Å². The van der Waals surface area contributed by atoms with Crippen LogP contribution in [0, 0.1) is 0 Å². The number of nitrogens with one attached hydrogen (secondary N) is 1. The molecule has 0 spiro atoms. The van der Waals surface area contributed by atoms with Crippen LogP contribution in [0.2, 0.25) is 0 Å². The zero-order chi connectivity index (χ0) is 15.5. The van der Waals surface area contributed by atoms with Crippen molar-refractivity contribution in [3.05, 3.63) is 47.8 Å². The average molecular weight is 298 g/mol. The molecule has 2 aromatic rings. The Morgan fingerprint density at radius 2 is 2.27 bits per heavy atom. The number of aryl methyl sites for hydroxylation is 1. The topological polar surface area (TPSA) is 50.2 Å². The number of nitrogens with zero attached hydrogens (tertiary/aromatic N) is 3. The second kappa shape index (κ2) is 6.32. The number of carbonyl (C=O) groups is 1. The van der Waals surface area contributed by atoms with E-state index in [9.17, 15) is 4.79 Å². The molecule has 1 aliphatic heterocycles. The van der Waals surface area contributed by atoms with E-state index in [0.29, 0.717) is 6.42 Å². The van der Waals surface area contributed by atoms with Gasteiger partial charge in [-0.25, -0.2) is 0 Å². The van der Waals surface area contributed by atoms with Gasteiger partial charge in [0.05, 0.1) is 6.20 Å². The van der Waals surface area contributed by atoms with E-state index in [0.717, 1.165) is 25.2 Å². The molecule has 1 amide bonds. The fourth-order valence-corrected chi connectivity index (χ4v) is 2.84. The fraction of sp³-hybridized carbons (Fsp3) is 0.412. The first-order chi connectivity index (χ1) is 10.6. The Labute approximate surface area is 130 Å². The highest BCUT2D eigenvalue weighted by atomic mass is 16.2. The molecule has 3 rings (SSSR count). The molecule has 1 N–H and O–H groups in total. The van der Waals surface area contributed by atoms with Gasteiger partial charge in [-0.05, 0) is 31.0 Å². The minimum absolute atomic E-state index is 0.220. The van der Waals surface area contributed by atoms with Gasteiger partial charge in [-0.2, -0.15) is 5.10 Å². The number of amides is 1. The van der Waals surface area contributed by atoms with Crippen molar-refractivity contribution in [1.29, 1.82) is 0 Å². The van der Waals surface area contributed by atoms with Crippen molar-refractivity contribution in [3.63, 3.8) is 0 Å². The van der Waals surface area contributed by atoms with Crippen LogP contribution in [0.25, 0.3) is 0 Å². The third kappa shape index (κ3) is 3.20. The van der Waals surface area contributed by atoms with E-state index in [4.69, 9.17) is 0 Å². The van der Waals surface area contributed by atoms with Gasteiger partial charge in [0.25, 0.3) is 0 Å². The number of carbonyl (C=O) groups excluding carboxylic acids is 1. The van der Waals surface area contributed by atoms with Crippen LogP contribution in [0.1, 0.15) is 36.9 Å². The van der Waals surface area contributed by atoms with Crippen molar-refractivity contribution in [2.24, 2.45) is 7.05 Å². The molecule has 1 atom stereocenters. The largest absolute Gasteiger partial charge is 0.312 e. The van der Waals surface area contributed by atoms with Gasteiger partial charge in [-0.1, -0.05) is 12.1 Å². The van der Waals surface area contributed by atoms with Crippen LogP contribution < -0.4 is 10.2 Å². The third-order valence-corrected chi connectivity index (χ3v) is 4.13. The molecule has 1 fully saturated rings. The van der Waals surface area contributed by atoms with Gasteiger partial charge in [-0.3, -0.25) is 9.48 Å². The van der Waals surface area contributed by atoms with Crippen LogP contribution in [0.3, 0.4) is 0 Å². The highest BCUT2D eigenvalue weighted by molar-refractivity contribution is 5.95. The molecule has 5 nitrogen and oxygen atoms in total. The second-order valence-corrected chi connectivity index (χ2v) is 5.87. The standard InChI is InChI=1S/C17H22N4O/c1-13(18-10-14-11-19-20(2)12-14)15-5-3-6-16(9-15)21-8-4-7-17(21)22/h3,5-6,9,11-13,18H,4,7-8,10H2,1-2H3. The lowest BCUT2D eigenvalue weighted by Gasteiger charge is -2.19. The molecule has 1 aromatic heterocycles. The lowest BCUT2D eigenvalue weighted by Crippen LogP contribution is -2.24. The number of benzene rings is 1. The minimum Gasteiger partial charge on any atom is -0.312 e. The second-order valence-electron chi connectivity index (χ2n) is 5.87. The quantitative estimate of drug-likeness (QED) is 0.922. The average Bonchev–Trinajstić information content (AvgIpc) is 3.13. The number of rotatable bonds is 5. The molecule has 1 aromatic carbocycles. The summed E-state index contributed by atoms with van der Waals surface area (Å²) in [5, 5.41) is 7.68. The van der Waals surface area contributed by atoms with E-state index in [1.165, 1.54) is 11.1 Å². The van der Waals surface area contributed by atoms with Crippen molar-refractivity contribution in [2.75, 3.05) is 11.4 Å². The number of hydrogen-bond donors (Lipinski definition) is 1. The summed E-state index contributed by atoms with van der Waals surface area (Å²) < 4.78 is 1.81. The van der Waals surface area contributed by atoms with Gasteiger partial charge < -0.3 is 10.2 Å². The molecule has 2 heterocycles. The summed E-state index contributed by atoms with van der Waals surface area (Å²) in [6, 6.07) is 8.48. The molecule has 0 radical (unpaired) electrons. The van der Waals surface area contributed by atoms with Crippen LogP contribution in [0.4, 0.5) is 5.69 Å². The summed E-state index contributed by atoms with van der Waals surface area (Å²) in [5.41, 5.74) is 3.37. The molecule has 1 aliphatic rings. The van der Waals surface area contributed by atoms with E-state index < -0.39 is 0 Å². The number of aromatic nitrogens is 2. The molecule has 1 saturated heterocycles. The van der Waals surface area contributed by atoms with Crippen molar-refractivity contribution < 1.29 is 4.79 Å². The van der Waals surface area contributed by atoms with Gasteiger partial charge in [-0.15, -0.1) is 0 Å². The molecule has 5 heteroatoms. The first kappa shape index (κ1) is 14.8. The van der Waals surface area contributed by atoms with Crippen molar-refractivity contribution in [3.8, 4) is 0 Å². The summed E-state index contributed by atoms with van der Waals surface area (Å²) in [6.07, 6.45) is 5.51. The van der Waals surface area contributed by atoms with Crippen LogP contribution in [-0.4, -0.2) is 22.2 Å². The zero-order valence-corrected chi connectivity index (χ0v) is 13.1. The van der Waals surface area contributed by atoms with Crippen LogP contribution in [0.15, 0.2) is 36.7 Å². The summed E-state index contributed by atoms with van der Waals surface area (Å²) in [6.45, 7) is 3.75. The Morgan fingerprint density at radius 1 is 1.41 bits per heavy atom. The first-order valence-electron chi connectivity index (χ1n) is 7.75. The minimum atomic E-state index is 0.220. The van der Waals surface area contributed by atoms with Gasteiger partial charge in [0.15, 0.2) is 0 Å². The number of anilines is 1. The Morgan fingerprint density at radius 3 is 2.95 bits per heavy atom. The maximum atomic E-state index is 11.9. The Balaban J connectivity index is 1.67. The van der Waals surface area contributed by atoms with E-state index in [1.54, 1.807) is 4.68 Å². The molecular formula is C17H22N4O. The maximum Gasteiger partial charge on any atom is 0.227 e. The van der Waals surface area contributed by atoms with Crippen LogP contribution in [0.5, 0.6) is 0 Å². The van der Waals surface area contributed by atoms with Gasteiger partial charge in [0, 0.05) is 50.0 Å². The molecule has 0 aliphatic carbocycles. The predicted octanol–water partition coefficient (Wildman–Crippen LogP) is 2.40. The molecule has 0 saturated carbocycles. The lowest BCUT2D eigenvalue weighted by molar-refractivity contribution is -0.117. The highest BCUT2D eigenvalue weighted by Crippen LogP contribution is 2.24. The zero-order valence-electron chi connectivity index (χ0n) is 13.1. The van der Waals surface area contributed by atoms with Gasteiger partial charge in [0.1, 0.15) is 0 Å². The third-order valence-electron chi connectivity index (χ3n) is 4.13. The van der Waals surface area contributed by atoms with Crippen molar-refractivity contribution in [1.82, 2.24) is 15.1 Å². The van der Waals surface area contributed by atoms with Crippen LogP contribution in [-0.2, 0) is 18.4 Å². The molecular weight excluding hydrogens is 276 g/mol. The predicted molar refractivity (Wildman–Crippen MR) is 86.5 cm³/mol. The summed E-state index contributed by atoms with van der Waals surface area (Å²) in [5.74, 6) is 0.230. The lowest BCUT2D eigenvalue weighted by atomic mass is 10.1. The summed E-state index contributed by atoms with van der Waals surface area (Å²) >= 11 is 0. The molecule has 0 bridgehead atoms.